The quantitative estimate of drug-likeness (QED) is 0.366. The maximum atomic E-state index is 11.3. The van der Waals surface area contributed by atoms with Gasteiger partial charge in [0.25, 0.3) is 0 Å². The maximum absolute atomic E-state index is 11.3. The van der Waals surface area contributed by atoms with Gasteiger partial charge in [-0.05, 0) is 20.8 Å². The van der Waals surface area contributed by atoms with E-state index in [0.29, 0.717) is 0 Å². The lowest BCUT2D eigenvalue weighted by Gasteiger charge is -2.19. The standard InChI is InChI=1S/C9H15NO3/c1-6(11)7(10-5)8(12)13-9(2,3)4/h1-5H3. The number of nitrogens with zero attached hydrogens (tertiary/aromatic N) is 1. The van der Waals surface area contributed by atoms with Gasteiger partial charge >= 0.3 is 5.97 Å². The number of hydrogen-bond donors (Lipinski definition) is 0. The fourth-order valence-electron chi connectivity index (χ4n) is 0.719. The molecule has 4 heteroatoms. The Hall–Kier alpha value is -1.19. The summed E-state index contributed by atoms with van der Waals surface area (Å²) in [5.74, 6) is -1.04. The first-order valence-electron chi connectivity index (χ1n) is 3.99. The van der Waals surface area contributed by atoms with Gasteiger partial charge in [0.1, 0.15) is 5.60 Å². The van der Waals surface area contributed by atoms with E-state index >= 15 is 0 Å². The highest BCUT2D eigenvalue weighted by Crippen LogP contribution is 2.07. The molecule has 0 aromatic carbocycles. The van der Waals surface area contributed by atoms with Crippen molar-refractivity contribution in [2.75, 3.05) is 7.05 Å². The number of ether oxygens (including phenoxy) is 1. The summed E-state index contributed by atoms with van der Waals surface area (Å²) in [5, 5.41) is 0. The number of hydrogen-bond acceptors (Lipinski definition) is 4. The zero-order valence-electron chi connectivity index (χ0n) is 8.67. The van der Waals surface area contributed by atoms with Gasteiger partial charge in [-0.15, -0.1) is 0 Å². The third-order valence-corrected chi connectivity index (χ3v) is 1.15. The summed E-state index contributed by atoms with van der Waals surface area (Å²) in [7, 11) is 1.39. The molecule has 0 N–H and O–H groups in total. The van der Waals surface area contributed by atoms with Crippen LogP contribution in [0.4, 0.5) is 0 Å². The molecule has 0 saturated heterocycles. The monoisotopic (exact) mass is 185 g/mol. The lowest BCUT2D eigenvalue weighted by atomic mass is 10.2. The second-order valence-corrected chi connectivity index (χ2v) is 3.63. The number of ketones is 1. The van der Waals surface area contributed by atoms with Gasteiger partial charge in [-0.1, -0.05) is 0 Å². The molecule has 13 heavy (non-hydrogen) atoms. The molecule has 0 heterocycles. The van der Waals surface area contributed by atoms with E-state index in [-0.39, 0.29) is 11.5 Å². The van der Waals surface area contributed by atoms with Crippen LogP contribution in [0.5, 0.6) is 0 Å². The molecule has 0 atom stereocenters. The number of Topliss-reactive ketones (excluding diaryl/α,β-unsaturated/α-hetero) is 1. The third kappa shape index (κ3) is 4.40. The zero-order chi connectivity index (χ0) is 10.6. The molecule has 0 aromatic heterocycles. The molecule has 74 valence electrons. The van der Waals surface area contributed by atoms with Crippen molar-refractivity contribution >= 4 is 17.5 Å². The Bertz CT molecular complexity index is 248. The molecule has 0 aliphatic rings. The van der Waals surface area contributed by atoms with Crippen molar-refractivity contribution in [2.24, 2.45) is 4.99 Å². The van der Waals surface area contributed by atoms with Crippen LogP contribution >= 0.6 is 0 Å². The number of carbonyl (C=O) groups excluding carboxylic acids is 2. The van der Waals surface area contributed by atoms with E-state index < -0.39 is 11.6 Å². The van der Waals surface area contributed by atoms with Crippen LogP contribution in [0.15, 0.2) is 4.99 Å². The van der Waals surface area contributed by atoms with Gasteiger partial charge in [-0.3, -0.25) is 9.79 Å². The van der Waals surface area contributed by atoms with Gasteiger partial charge < -0.3 is 4.74 Å². The topological polar surface area (TPSA) is 55.7 Å². The van der Waals surface area contributed by atoms with Crippen molar-refractivity contribution in [3.63, 3.8) is 0 Å². The predicted octanol–water partition coefficient (Wildman–Crippen LogP) is 0.988. The van der Waals surface area contributed by atoms with Gasteiger partial charge in [0.15, 0.2) is 11.5 Å². The molecule has 0 radical (unpaired) electrons. The van der Waals surface area contributed by atoms with Gasteiger partial charge in [0.05, 0.1) is 0 Å². The zero-order valence-corrected chi connectivity index (χ0v) is 8.67. The molecule has 0 aromatic rings. The van der Waals surface area contributed by atoms with E-state index in [0.717, 1.165) is 0 Å². The molecule has 0 aliphatic carbocycles. The molecule has 0 saturated carbocycles. The minimum absolute atomic E-state index is 0.144. The van der Waals surface area contributed by atoms with E-state index in [1.54, 1.807) is 20.8 Å². The second kappa shape index (κ2) is 4.16. The third-order valence-electron chi connectivity index (χ3n) is 1.15. The first kappa shape index (κ1) is 11.8. The first-order chi connectivity index (χ1) is 5.78. The summed E-state index contributed by atoms with van der Waals surface area (Å²) in [4.78, 5) is 25.7. The Morgan fingerprint density at radius 3 is 1.92 bits per heavy atom. The van der Waals surface area contributed by atoms with Crippen LogP contribution < -0.4 is 0 Å². The molecule has 0 unspecified atom stereocenters. The maximum Gasteiger partial charge on any atom is 0.360 e. The molecule has 0 rings (SSSR count). The van der Waals surface area contributed by atoms with Gasteiger partial charge in [-0.25, -0.2) is 4.79 Å². The van der Waals surface area contributed by atoms with Gasteiger partial charge in [-0.2, -0.15) is 0 Å². The molecule has 0 spiro atoms. The predicted molar refractivity (Wildman–Crippen MR) is 49.9 cm³/mol. The van der Waals surface area contributed by atoms with Crippen LogP contribution in [-0.4, -0.2) is 30.1 Å². The molecule has 0 aliphatic heterocycles. The van der Waals surface area contributed by atoms with E-state index in [9.17, 15) is 9.59 Å². The normalized spacial score (nSPS) is 12.5. The van der Waals surface area contributed by atoms with Crippen LogP contribution in [0.3, 0.4) is 0 Å². The van der Waals surface area contributed by atoms with Crippen molar-refractivity contribution in [3.05, 3.63) is 0 Å². The fourth-order valence-corrected chi connectivity index (χ4v) is 0.719. The highest BCUT2D eigenvalue weighted by molar-refractivity contribution is 6.64. The molecular weight excluding hydrogens is 170 g/mol. The number of rotatable bonds is 2. The number of carbonyl (C=O) groups is 2. The molecular formula is C9H15NO3. The van der Waals surface area contributed by atoms with Crippen LogP contribution in [0, 0.1) is 0 Å². The highest BCUT2D eigenvalue weighted by atomic mass is 16.6. The van der Waals surface area contributed by atoms with Gasteiger partial charge in [0, 0.05) is 14.0 Å². The number of esters is 1. The number of aliphatic imine (C=N–C) groups is 1. The Kier molecular flexibility index (Phi) is 3.78. The molecule has 4 nitrogen and oxygen atoms in total. The Morgan fingerprint density at radius 2 is 1.69 bits per heavy atom. The lowest BCUT2D eigenvalue weighted by molar-refractivity contribution is -0.146. The average Bonchev–Trinajstić information content (AvgIpc) is 1.82. The average molecular weight is 185 g/mol. The Balaban J connectivity index is 4.52. The summed E-state index contributed by atoms with van der Waals surface area (Å²) in [6.45, 7) is 6.49. The Morgan fingerprint density at radius 1 is 1.23 bits per heavy atom. The fraction of sp³-hybridized carbons (Fsp3) is 0.667. The van der Waals surface area contributed by atoms with Crippen LogP contribution in [0.1, 0.15) is 27.7 Å². The first-order valence-corrected chi connectivity index (χ1v) is 3.99. The highest BCUT2D eigenvalue weighted by Gasteiger charge is 2.23. The van der Waals surface area contributed by atoms with Crippen molar-refractivity contribution in [1.29, 1.82) is 0 Å². The van der Waals surface area contributed by atoms with E-state index in [1.165, 1.54) is 14.0 Å². The van der Waals surface area contributed by atoms with Crippen LogP contribution in [0.25, 0.3) is 0 Å². The summed E-state index contributed by atoms with van der Waals surface area (Å²) in [5.41, 5.74) is -0.738. The van der Waals surface area contributed by atoms with E-state index in [4.69, 9.17) is 4.74 Å². The van der Waals surface area contributed by atoms with Crippen molar-refractivity contribution in [1.82, 2.24) is 0 Å². The second-order valence-electron chi connectivity index (χ2n) is 3.63. The van der Waals surface area contributed by atoms with Crippen molar-refractivity contribution < 1.29 is 14.3 Å². The Labute approximate surface area is 78.0 Å². The van der Waals surface area contributed by atoms with Crippen molar-refractivity contribution in [2.45, 2.75) is 33.3 Å². The van der Waals surface area contributed by atoms with Crippen LogP contribution in [0.2, 0.25) is 0 Å². The largest absolute Gasteiger partial charge is 0.455 e. The minimum atomic E-state index is -0.664. The summed E-state index contributed by atoms with van der Waals surface area (Å²) < 4.78 is 4.96. The summed E-state index contributed by atoms with van der Waals surface area (Å²) in [6, 6.07) is 0. The SMILES string of the molecule is CN=C(C(C)=O)C(=O)OC(C)(C)C. The summed E-state index contributed by atoms with van der Waals surface area (Å²) >= 11 is 0. The lowest BCUT2D eigenvalue weighted by Crippen LogP contribution is -2.32. The van der Waals surface area contributed by atoms with Crippen LogP contribution in [-0.2, 0) is 14.3 Å². The summed E-state index contributed by atoms with van der Waals surface area (Å²) in [6.07, 6.45) is 0. The van der Waals surface area contributed by atoms with Gasteiger partial charge in [0.2, 0.25) is 0 Å². The minimum Gasteiger partial charge on any atom is -0.455 e. The molecule has 0 bridgehead atoms. The molecule has 0 amide bonds. The van der Waals surface area contributed by atoms with Crippen molar-refractivity contribution in [3.8, 4) is 0 Å². The smallest absolute Gasteiger partial charge is 0.360 e. The van der Waals surface area contributed by atoms with E-state index in [1.807, 2.05) is 0 Å². The van der Waals surface area contributed by atoms with E-state index in [2.05, 4.69) is 4.99 Å². The molecule has 0 fully saturated rings.